The Labute approximate surface area is 99.5 Å². The second-order valence-electron chi connectivity index (χ2n) is 3.90. The Kier molecular flexibility index (Phi) is 3.03. The molecule has 1 aromatic heterocycles. The fourth-order valence-electron chi connectivity index (χ4n) is 1.76. The van der Waals surface area contributed by atoms with E-state index < -0.39 is 6.10 Å². The summed E-state index contributed by atoms with van der Waals surface area (Å²) in [4.78, 5) is 0. The van der Waals surface area contributed by atoms with E-state index >= 15 is 0 Å². The molecule has 2 rings (SSSR count). The van der Waals surface area contributed by atoms with Gasteiger partial charge in [0, 0.05) is 0 Å². The summed E-state index contributed by atoms with van der Waals surface area (Å²) in [6, 6.07) is 9.22. The van der Waals surface area contributed by atoms with Crippen molar-refractivity contribution in [2.75, 3.05) is 0 Å². The standard InChI is InChI=1S/C13H13ClO2/c1-8-3-4-10(9(2)7-8)13(15)11-5-6-12(14)16-11/h3-7,13,15H,1-2H3. The Morgan fingerprint density at radius 1 is 1.19 bits per heavy atom. The van der Waals surface area contributed by atoms with E-state index in [1.165, 1.54) is 5.56 Å². The average Bonchev–Trinajstić information content (AvgIpc) is 2.64. The van der Waals surface area contributed by atoms with Gasteiger partial charge in [-0.1, -0.05) is 23.8 Å². The summed E-state index contributed by atoms with van der Waals surface area (Å²) < 4.78 is 5.20. The van der Waals surface area contributed by atoms with Crippen molar-refractivity contribution in [3.63, 3.8) is 0 Å². The number of aliphatic hydroxyl groups is 1. The van der Waals surface area contributed by atoms with Gasteiger partial charge in [-0.2, -0.15) is 0 Å². The maximum atomic E-state index is 10.1. The van der Waals surface area contributed by atoms with E-state index in [2.05, 4.69) is 0 Å². The summed E-state index contributed by atoms with van der Waals surface area (Å²) in [5, 5.41) is 10.4. The minimum absolute atomic E-state index is 0.291. The van der Waals surface area contributed by atoms with E-state index in [1.54, 1.807) is 12.1 Å². The number of aryl methyl sites for hydroxylation is 2. The number of furan rings is 1. The second-order valence-corrected chi connectivity index (χ2v) is 4.28. The van der Waals surface area contributed by atoms with Crippen molar-refractivity contribution < 1.29 is 9.52 Å². The van der Waals surface area contributed by atoms with Crippen LogP contribution in [0.3, 0.4) is 0 Å². The lowest BCUT2D eigenvalue weighted by Gasteiger charge is -2.11. The Morgan fingerprint density at radius 2 is 1.94 bits per heavy atom. The molecule has 0 fully saturated rings. The Hall–Kier alpha value is -1.25. The minimum Gasteiger partial charge on any atom is -0.447 e. The maximum absolute atomic E-state index is 10.1. The molecule has 0 aliphatic carbocycles. The van der Waals surface area contributed by atoms with Gasteiger partial charge in [0.2, 0.25) is 0 Å². The van der Waals surface area contributed by atoms with Crippen LogP contribution < -0.4 is 0 Å². The first-order valence-corrected chi connectivity index (χ1v) is 5.46. The monoisotopic (exact) mass is 236 g/mol. The van der Waals surface area contributed by atoms with Gasteiger partial charge in [-0.05, 0) is 48.7 Å². The third-order valence-corrected chi connectivity index (χ3v) is 2.79. The summed E-state index contributed by atoms with van der Waals surface area (Å²) in [7, 11) is 0. The van der Waals surface area contributed by atoms with Crippen LogP contribution in [0.2, 0.25) is 5.22 Å². The van der Waals surface area contributed by atoms with Crippen LogP contribution in [0.4, 0.5) is 0 Å². The van der Waals surface area contributed by atoms with Gasteiger partial charge in [0.05, 0.1) is 0 Å². The smallest absolute Gasteiger partial charge is 0.193 e. The van der Waals surface area contributed by atoms with Crippen LogP contribution in [0, 0.1) is 13.8 Å². The lowest BCUT2D eigenvalue weighted by molar-refractivity contribution is 0.189. The predicted molar refractivity (Wildman–Crippen MR) is 63.7 cm³/mol. The van der Waals surface area contributed by atoms with Crippen LogP contribution in [0.25, 0.3) is 0 Å². The predicted octanol–water partition coefficient (Wildman–Crippen LogP) is 3.63. The number of hydrogen-bond donors (Lipinski definition) is 1. The fraction of sp³-hybridized carbons (Fsp3) is 0.231. The summed E-state index contributed by atoms with van der Waals surface area (Å²) in [6.07, 6.45) is -0.756. The zero-order valence-electron chi connectivity index (χ0n) is 9.20. The lowest BCUT2D eigenvalue weighted by atomic mass is 10.00. The van der Waals surface area contributed by atoms with Crippen LogP contribution in [-0.2, 0) is 0 Å². The van der Waals surface area contributed by atoms with Crippen molar-refractivity contribution >= 4 is 11.6 Å². The van der Waals surface area contributed by atoms with E-state index in [0.717, 1.165) is 11.1 Å². The summed E-state index contributed by atoms with van der Waals surface area (Å²) in [5.74, 6) is 0.469. The van der Waals surface area contributed by atoms with Gasteiger partial charge in [0.1, 0.15) is 11.9 Å². The van der Waals surface area contributed by atoms with Gasteiger partial charge in [-0.3, -0.25) is 0 Å². The van der Waals surface area contributed by atoms with Crippen LogP contribution in [0.15, 0.2) is 34.7 Å². The van der Waals surface area contributed by atoms with Crippen LogP contribution >= 0.6 is 11.6 Å². The highest BCUT2D eigenvalue weighted by molar-refractivity contribution is 6.28. The van der Waals surface area contributed by atoms with Crippen molar-refractivity contribution in [3.05, 3.63) is 58.0 Å². The summed E-state index contributed by atoms with van der Waals surface area (Å²) in [6.45, 7) is 3.99. The highest BCUT2D eigenvalue weighted by Gasteiger charge is 2.16. The van der Waals surface area contributed by atoms with Crippen LogP contribution in [0.5, 0.6) is 0 Å². The van der Waals surface area contributed by atoms with E-state index in [1.807, 2.05) is 32.0 Å². The number of hydrogen-bond acceptors (Lipinski definition) is 2. The Morgan fingerprint density at radius 3 is 2.50 bits per heavy atom. The summed E-state index contributed by atoms with van der Waals surface area (Å²) >= 11 is 5.68. The van der Waals surface area contributed by atoms with Gasteiger partial charge in [0.15, 0.2) is 5.22 Å². The van der Waals surface area contributed by atoms with Gasteiger partial charge in [0.25, 0.3) is 0 Å². The number of rotatable bonds is 2. The normalized spacial score (nSPS) is 12.8. The van der Waals surface area contributed by atoms with Gasteiger partial charge in [-0.25, -0.2) is 0 Å². The molecule has 0 aliphatic rings. The van der Waals surface area contributed by atoms with Gasteiger partial charge >= 0.3 is 0 Å². The van der Waals surface area contributed by atoms with E-state index in [4.69, 9.17) is 16.0 Å². The molecule has 3 heteroatoms. The fourth-order valence-corrected chi connectivity index (χ4v) is 1.91. The largest absolute Gasteiger partial charge is 0.447 e. The molecule has 0 spiro atoms. The molecule has 1 aromatic carbocycles. The topological polar surface area (TPSA) is 33.4 Å². The van der Waals surface area contributed by atoms with E-state index in [9.17, 15) is 5.11 Å². The number of aliphatic hydroxyl groups excluding tert-OH is 1. The van der Waals surface area contributed by atoms with Crippen LogP contribution in [0.1, 0.15) is 28.6 Å². The van der Waals surface area contributed by atoms with Gasteiger partial charge in [-0.15, -0.1) is 0 Å². The molecule has 2 aromatic rings. The van der Waals surface area contributed by atoms with Crippen molar-refractivity contribution in [1.82, 2.24) is 0 Å². The molecule has 1 atom stereocenters. The first kappa shape index (κ1) is 11.2. The molecule has 0 bridgehead atoms. The van der Waals surface area contributed by atoms with E-state index in [0.29, 0.717) is 11.0 Å². The molecule has 16 heavy (non-hydrogen) atoms. The van der Waals surface area contributed by atoms with Crippen molar-refractivity contribution in [2.24, 2.45) is 0 Å². The molecule has 2 nitrogen and oxygen atoms in total. The number of halogens is 1. The molecular weight excluding hydrogens is 224 g/mol. The first-order chi connectivity index (χ1) is 7.58. The highest BCUT2D eigenvalue weighted by atomic mass is 35.5. The zero-order chi connectivity index (χ0) is 11.7. The molecule has 1 N–H and O–H groups in total. The maximum Gasteiger partial charge on any atom is 0.193 e. The molecule has 0 aliphatic heterocycles. The van der Waals surface area contributed by atoms with Gasteiger partial charge < -0.3 is 9.52 Å². The van der Waals surface area contributed by atoms with Crippen molar-refractivity contribution in [2.45, 2.75) is 20.0 Å². The molecule has 0 saturated heterocycles. The van der Waals surface area contributed by atoms with Crippen molar-refractivity contribution in [3.8, 4) is 0 Å². The average molecular weight is 237 g/mol. The molecule has 0 amide bonds. The van der Waals surface area contributed by atoms with Crippen LogP contribution in [-0.4, -0.2) is 5.11 Å². The zero-order valence-corrected chi connectivity index (χ0v) is 9.95. The Balaban J connectivity index is 2.37. The third-order valence-electron chi connectivity index (χ3n) is 2.58. The molecule has 0 saturated carbocycles. The second kappa shape index (κ2) is 4.32. The molecular formula is C13H13ClO2. The molecule has 1 unspecified atom stereocenters. The number of benzene rings is 1. The minimum atomic E-state index is -0.756. The lowest BCUT2D eigenvalue weighted by Crippen LogP contribution is -2.00. The third kappa shape index (κ3) is 2.13. The molecule has 0 radical (unpaired) electrons. The molecule has 84 valence electrons. The van der Waals surface area contributed by atoms with E-state index in [-0.39, 0.29) is 0 Å². The quantitative estimate of drug-likeness (QED) is 0.864. The summed E-state index contributed by atoms with van der Waals surface area (Å²) in [5.41, 5.74) is 3.06. The first-order valence-electron chi connectivity index (χ1n) is 5.08. The molecule has 1 heterocycles. The highest BCUT2D eigenvalue weighted by Crippen LogP contribution is 2.28. The SMILES string of the molecule is Cc1ccc(C(O)c2ccc(Cl)o2)c(C)c1. The Bertz CT molecular complexity index is 502. The van der Waals surface area contributed by atoms with Crippen molar-refractivity contribution in [1.29, 1.82) is 0 Å².